The summed E-state index contributed by atoms with van der Waals surface area (Å²) in [5.41, 5.74) is 4.56. The van der Waals surface area contributed by atoms with E-state index >= 15 is 0 Å². The predicted octanol–water partition coefficient (Wildman–Crippen LogP) is 3.10. The first kappa shape index (κ1) is 17.1. The van der Waals surface area contributed by atoms with E-state index in [4.69, 9.17) is 0 Å². The molecule has 136 valence electrons. The van der Waals surface area contributed by atoms with Crippen molar-refractivity contribution in [2.45, 2.75) is 32.2 Å². The van der Waals surface area contributed by atoms with Crippen molar-refractivity contribution < 1.29 is 4.79 Å². The quantitative estimate of drug-likeness (QED) is 0.726. The van der Waals surface area contributed by atoms with Crippen molar-refractivity contribution in [3.8, 4) is 0 Å². The van der Waals surface area contributed by atoms with Crippen molar-refractivity contribution >= 4 is 22.4 Å². The molecule has 0 atom stereocenters. The Morgan fingerprint density at radius 1 is 1.00 bits per heavy atom. The van der Waals surface area contributed by atoms with Gasteiger partial charge in [0.1, 0.15) is 0 Å². The SMILES string of the molecule is O=C(NN=C1CCCC1)c1nn(Cc2ccccc2)c(=O)c2ccccc12. The van der Waals surface area contributed by atoms with Crippen molar-refractivity contribution in [3.63, 3.8) is 0 Å². The average molecular weight is 360 g/mol. The highest BCUT2D eigenvalue weighted by molar-refractivity contribution is 6.05. The fraction of sp³-hybridized carbons (Fsp3) is 0.238. The van der Waals surface area contributed by atoms with E-state index in [-0.39, 0.29) is 11.3 Å². The van der Waals surface area contributed by atoms with Crippen LogP contribution in [0.15, 0.2) is 64.5 Å². The van der Waals surface area contributed by atoms with Gasteiger partial charge in [0, 0.05) is 11.1 Å². The molecule has 1 amide bonds. The van der Waals surface area contributed by atoms with E-state index in [1.165, 1.54) is 4.68 Å². The fourth-order valence-corrected chi connectivity index (χ4v) is 3.34. The normalized spacial score (nSPS) is 13.7. The van der Waals surface area contributed by atoms with Gasteiger partial charge in [-0.1, -0.05) is 48.5 Å². The first-order valence-electron chi connectivity index (χ1n) is 9.12. The molecule has 6 heteroatoms. The minimum atomic E-state index is -0.396. The summed E-state index contributed by atoms with van der Waals surface area (Å²) in [6.45, 7) is 0.305. The van der Waals surface area contributed by atoms with Gasteiger partial charge in [-0.2, -0.15) is 10.2 Å². The number of carbonyl (C=O) groups is 1. The second-order valence-corrected chi connectivity index (χ2v) is 6.67. The summed E-state index contributed by atoms with van der Waals surface area (Å²) < 4.78 is 1.34. The van der Waals surface area contributed by atoms with Gasteiger partial charge in [0.15, 0.2) is 5.69 Å². The summed E-state index contributed by atoms with van der Waals surface area (Å²) in [6.07, 6.45) is 4.06. The molecule has 1 fully saturated rings. The molecule has 0 aliphatic heterocycles. The first-order valence-corrected chi connectivity index (χ1v) is 9.12. The zero-order valence-electron chi connectivity index (χ0n) is 14.9. The lowest BCUT2D eigenvalue weighted by molar-refractivity contribution is 0.0949. The Balaban J connectivity index is 1.74. The number of benzene rings is 2. The van der Waals surface area contributed by atoms with Crippen LogP contribution in [0.25, 0.3) is 10.8 Å². The van der Waals surface area contributed by atoms with Gasteiger partial charge in [-0.15, -0.1) is 0 Å². The van der Waals surface area contributed by atoms with Crippen molar-refractivity contribution in [1.29, 1.82) is 0 Å². The second-order valence-electron chi connectivity index (χ2n) is 6.67. The Bertz CT molecular complexity index is 1060. The Morgan fingerprint density at radius 3 is 2.41 bits per heavy atom. The number of nitrogens with one attached hydrogen (secondary N) is 1. The van der Waals surface area contributed by atoms with Crippen LogP contribution in [0.3, 0.4) is 0 Å². The van der Waals surface area contributed by atoms with Crippen LogP contribution in [-0.2, 0) is 6.54 Å². The van der Waals surface area contributed by atoms with Crippen LogP contribution in [0.1, 0.15) is 41.7 Å². The van der Waals surface area contributed by atoms with E-state index in [1.54, 1.807) is 24.3 Å². The monoisotopic (exact) mass is 360 g/mol. The van der Waals surface area contributed by atoms with Gasteiger partial charge in [-0.25, -0.2) is 10.1 Å². The molecular weight excluding hydrogens is 340 g/mol. The number of hydrazone groups is 1. The van der Waals surface area contributed by atoms with Crippen LogP contribution >= 0.6 is 0 Å². The molecule has 1 aromatic heterocycles. The molecule has 1 saturated carbocycles. The van der Waals surface area contributed by atoms with E-state index in [2.05, 4.69) is 15.6 Å². The third kappa shape index (κ3) is 3.65. The number of rotatable bonds is 4. The number of hydrogen-bond acceptors (Lipinski definition) is 4. The highest BCUT2D eigenvalue weighted by Gasteiger charge is 2.17. The Kier molecular flexibility index (Phi) is 4.78. The van der Waals surface area contributed by atoms with Gasteiger partial charge in [-0.05, 0) is 37.3 Å². The van der Waals surface area contributed by atoms with Gasteiger partial charge < -0.3 is 0 Å². The molecular formula is C21H20N4O2. The molecule has 27 heavy (non-hydrogen) atoms. The lowest BCUT2D eigenvalue weighted by atomic mass is 10.1. The minimum Gasteiger partial charge on any atom is -0.267 e. The van der Waals surface area contributed by atoms with E-state index in [1.807, 2.05) is 30.3 Å². The van der Waals surface area contributed by atoms with Crippen LogP contribution in [0.5, 0.6) is 0 Å². The fourth-order valence-electron chi connectivity index (χ4n) is 3.34. The van der Waals surface area contributed by atoms with Crippen molar-refractivity contribution in [2.75, 3.05) is 0 Å². The largest absolute Gasteiger partial charge is 0.292 e. The van der Waals surface area contributed by atoms with E-state index in [0.29, 0.717) is 17.3 Å². The molecule has 2 aromatic carbocycles. The van der Waals surface area contributed by atoms with Gasteiger partial charge in [0.25, 0.3) is 11.5 Å². The Labute approximate surface area is 156 Å². The van der Waals surface area contributed by atoms with Crippen molar-refractivity contribution in [2.24, 2.45) is 5.10 Å². The Morgan fingerprint density at radius 2 is 1.67 bits per heavy atom. The molecule has 0 bridgehead atoms. The lowest BCUT2D eigenvalue weighted by Gasteiger charge is -2.10. The van der Waals surface area contributed by atoms with Crippen molar-refractivity contribution in [1.82, 2.24) is 15.2 Å². The number of amides is 1. The highest BCUT2D eigenvalue weighted by Crippen LogP contribution is 2.16. The third-order valence-corrected chi connectivity index (χ3v) is 4.75. The predicted molar refractivity (Wildman–Crippen MR) is 105 cm³/mol. The zero-order valence-corrected chi connectivity index (χ0v) is 14.9. The Hall–Kier alpha value is -3.28. The smallest absolute Gasteiger partial charge is 0.267 e. The number of aromatic nitrogens is 2. The molecule has 3 aromatic rings. The molecule has 1 aliphatic carbocycles. The maximum Gasteiger partial charge on any atom is 0.292 e. The second kappa shape index (κ2) is 7.53. The standard InChI is InChI=1S/C21H20N4O2/c26-20(23-22-16-10-4-5-11-16)19-17-12-6-7-13-18(17)21(27)25(24-19)14-15-8-2-1-3-9-15/h1-3,6-9,12-13H,4-5,10-11,14H2,(H,23,26). The van der Waals surface area contributed by atoms with Crippen LogP contribution in [-0.4, -0.2) is 21.4 Å². The maximum absolute atomic E-state index is 12.8. The topological polar surface area (TPSA) is 76.3 Å². The molecule has 1 aliphatic rings. The molecule has 1 N–H and O–H groups in total. The summed E-state index contributed by atoms with van der Waals surface area (Å²) >= 11 is 0. The van der Waals surface area contributed by atoms with Crippen LogP contribution in [0.2, 0.25) is 0 Å². The van der Waals surface area contributed by atoms with Gasteiger partial charge in [-0.3, -0.25) is 9.59 Å². The summed E-state index contributed by atoms with van der Waals surface area (Å²) in [4.78, 5) is 25.6. The molecule has 0 unspecified atom stereocenters. The molecule has 0 spiro atoms. The van der Waals surface area contributed by atoms with Crippen LogP contribution in [0.4, 0.5) is 0 Å². The zero-order chi connectivity index (χ0) is 18.6. The number of nitrogens with zero attached hydrogens (tertiary/aromatic N) is 3. The van der Waals surface area contributed by atoms with E-state index in [9.17, 15) is 9.59 Å². The maximum atomic E-state index is 12.8. The first-order chi connectivity index (χ1) is 13.2. The molecule has 6 nitrogen and oxygen atoms in total. The number of carbonyl (C=O) groups excluding carboxylic acids is 1. The lowest BCUT2D eigenvalue weighted by Crippen LogP contribution is -2.29. The van der Waals surface area contributed by atoms with Gasteiger partial charge >= 0.3 is 0 Å². The average Bonchev–Trinajstić information content (AvgIpc) is 3.23. The summed E-state index contributed by atoms with van der Waals surface area (Å²) in [6, 6.07) is 16.6. The van der Waals surface area contributed by atoms with Crippen LogP contribution < -0.4 is 11.0 Å². The highest BCUT2D eigenvalue weighted by atomic mass is 16.2. The molecule has 0 saturated heterocycles. The third-order valence-electron chi connectivity index (χ3n) is 4.75. The van der Waals surface area contributed by atoms with E-state index < -0.39 is 5.91 Å². The molecule has 4 rings (SSSR count). The van der Waals surface area contributed by atoms with Crippen molar-refractivity contribution in [3.05, 3.63) is 76.2 Å². The molecule has 1 heterocycles. The minimum absolute atomic E-state index is 0.212. The summed E-state index contributed by atoms with van der Waals surface area (Å²) in [5.74, 6) is -0.396. The van der Waals surface area contributed by atoms with E-state index in [0.717, 1.165) is 37.0 Å². The molecule has 0 radical (unpaired) electrons. The summed E-state index contributed by atoms with van der Waals surface area (Å²) in [7, 11) is 0. The number of hydrogen-bond donors (Lipinski definition) is 1. The summed E-state index contributed by atoms with van der Waals surface area (Å²) in [5, 5.41) is 9.61. The van der Waals surface area contributed by atoms with Gasteiger partial charge in [0.05, 0.1) is 11.9 Å². The number of fused-ring (bicyclic) bond motifs is 1. The van der Waals surface area contributed by atoms with Crippen LogP contribution in [0, 0.1) is 0 Å². The van der Waals surface area contributed by atoms with Gasteiger partial charge in [0.2, 0.25) is 0 Å².